The van der Waals surface area contributed by atoms with Gasteiger partial charge in [-0.1, -0.05) is 11.6 Å². The number of aromatic nitrogens is 3. The molecule has 0 aliphatic carbocycles. The van der Waals surface area contributed by atoms with Gasteiger partial charge in [-0.25, -0.2) is 4.98 Å². The first-order valence-corrected chi connectivity index (χ1v) is 10.8. The molecule has 0 amide bonds. The van der Waals surface area contributed by atoms with Crippen molar-refractivity contribution in [3.8, 4) is 5.75 Å². The Morgan fingerprint density at radius 3 is 2.56 bits per heavy atom. The average molecular weight is 449 g/mol. The second-order valence-corrected chi connectivity index (χ2v) is 7.74. The molecule has 0 fully saturated rings. The minimum Gasteiger partial charge on any atom is -0.497 e. The number of anilines is 4. The number of hydrogen-bond donors (Lipinski definition) is 3. The summed E-state index contributed by atoms with van der Waals surface area (Å²) in [5, 5.41) is 11.8. The van der Waals surface area contributed by atoms with Crippen molar-refractivity contribution in [2.75, 3.05) is 36.1 Å². The number of hydrogen-bond acceptors (Lipinski definition) is 7. The summed E-state index contributed by atoms with van der Waals surface area (Å²) in [6.07, 6.45) is 2.69. The van der Waals surface area contributed by atoms with E-state index in [-0.39, 0.29) is 0 Å². The minimum absolute atomic E-state index is 0.602. The molecule has 0 aliphatic heterocycles. The molecule has 2 aromatic heterocycles. The van der Waals surface area contributed by atoms with Gasteiger partial charge < -0.3 is 20.7 Å². The molecular formula is C24H25ClN6O. The maximum Gasteiger partial charge on any atom is 0.224 e. The topological polar surface area (TPSA) is 84.0 Å². The molecule has 0 spiro atoms. The highest BCUT2D eigenvalue weighted by molar-refractivity contribution is 6.31. The van der Waals surface area contributed by atoms with Crippen LogP contribution in [0.1, 0.15) is 12.1 Å². The molecule has 3 N–H and O–H groups in total. The fourth-order valence-electron chi connectivity index (χ4n) is 3.32. The predicted molar refractivity (Wildman–Crippen MR) is 131 cm³/mol. The lowest BCUT2D eigenvalue weighted by Gasteiger charge is -2.12. The summed E-state index contributed by atoms with van der Waals surface area (Å²) in [4.78, 5) is 13.4. The molecule has 4 aromatic rings. The Morgan fingerprint density at radius 2 is 1.75 bits per heavy atom. The molecule has 32 heavy (non-hydrogen) atoms. The van der Waals surface area contributed by atoms with E-state index in [2.05, 4.69) is 30.9 Å². The van der Waals surface area contributed by atoms with Crippen LogP contribution in [0, 0.1) is 6.92 Å². The number of fused-ring (bicyclic) bond motifs is 1. The lowest BCUT2D eigenvalue weighted by molar-refractivity contribution is 0.415. The maximum atomic E-state index is 6.06. The first-order chi connectivity index (χ1) is 15.6. The van der Waals surface area contributed by atoms with Gasteiger partial charge in [0.25, 0.3) is 0 Å². The highest BCUT2D eigenvalue weighted by Gasteiger charge is 2.05. The third kappa shape index (κ3) is 5.56. The third-order valence-electron chi connectivity index (χ3n) is 4.87. The Kier molecular flexibility index (Phi) is 6.87. The number of halogens is 1. The molecule has 8 heteroatoms. The van der Waals surface area contributed by atoms with Gasteiger partial charge in [-0.15, -0.1) is 0 Å². The fourth-order valence-corrected chi connectivity index (χ4v) is 3.49. The molecule has 2 heterocycles. The molecule has 7 nitrogen and oxygen atoms in total. The highest BCUT2D eigenvalue weighted by Crippen LogP contribution is 2.24. The molecule has 164 valence electrons. The van der Waals surface area contributed by atoms with Crippen molar-refractivity contribution < 1.29 is 4.74 Å². The van der Waals surface area contributed by atoms with E-state index in [9.17, 15) is 0 Å². The summed E-state index contributed by atoms with van der Waals surface area (Å²) in [5.41, 5.74) is 3.75. The van der Waals surface area contributed by atoms with E-state index in [4.69, 9.17) is 16.3 Å². The number of nitrogens with one attached hydrogen (secondary N) is 3. The number of aryl methyl sites for hydroxylation is 1. The van der Waals surface area contributed by atoms with Crippen LogP contribution in [0.4, 0.5) is 23.1 Å². The van der Waals surface area contributed by atoms with E-state index >= 15 is 0 Å². The van der Waals surface area contributed by atoms with E-state index < -0.39 is 0 Å². The normalized spacial score (nSPS) is 10.7. The standard InChI is InChI=1S/C24H25ClN6O/c1-16-14-23(30-18-5-7-19(32-2)8-6-18)31-24(29-16)28-12-3-11-26-21-10-13-27-22-15-17(25)4-9-20(21)22/h4-10,13-15H,3,11-12H2,1-2H3,(H,26,27)(H2,28,29,30,31). The van der Waals surface area contributed by atoms with Gasteiger partial charge in [0.1, 0.15) is 11.6 Å². The lowest BCUT2D eigenvalue weighted by Crippen LogP contribution is -2.12. The van der Waals surface area contributed by atoms with Crippen LogP contribution in [0.3, 0.4) is 0 Å². The van der Waals surface area contributed by atoms with Gasteiger partial charge in [-0.05, 0) is 61.9 Å². The first kappa shape index (κ1) is 21.6. The first-order valence-electron chi connectivity index (χ1n) is 10.4. The van der Waals surface area contributed by atoms with E-state index in [1.807, 2.05) is 61.5 Å². The molecule has 0 aliphatic rings. The van der Waals surface area contributed by atoms with Crippen LogP contribution in [0.15, 0.2) is 60.8 Å². The van der Waals surface area contributed by atoms with Crippen LogP contribution in [-0.2, 0) is 0 Å². The zero-order valence-electron chi connectivity index (χ0n) is 18.0. The number of pyridine rings is 1. The van der Waals surface area contributed by atoms with Gasteiger partial charge >= 0.3 is 0 Å². The van der Waals surface area contributed by atoms with Crippen LogP contribution < -0.4 is 20.7 Å². The Bertz CT molecular complexity index is 1200. The van der Waals surface area contributed by atoms with Gasteiger partial charge in [-0.2, -0.15) is 4.98 Å². The summed E-state index contributed by atoms with van der Waals surface area (Å²) in [6, 6.07) is 17.3. The molecule has 0 atom stereocenters. The van der Waals surface area contributed by atoms with Crippen LogP contribution >= 0.6 is 11.6 Å². The van der Waals surface area contributed by atoms with E-state index in [1.54, 1.807) is 13.3 Å². The van der Waals surface area contributed by atoms with Crippen molar-refractivity contribution in [3.05, 3.63) is 71.5 Å². The Hall–Kier alpha value is -3.58. The molecular weight excluding hydrogens is 424 g/mol. The largest absolute Gasteiger partial charge is 0.497 e. The van der Waals surface area contributed by atoms with Gasteiger partial charge in [-0.3, -0.25) is 4.98 Å². The van der Waals surface area contributed by atoms with Crippen molar-refractivity contribution in [2.45, 2.75) is 13.3 Å². The molecule has 0 radical (unpaired) electrons. The smallest absolute Gasteiger partial charge is 0.224 e. The molecule has 2 aromatic carbocycles. The minimum atomic E-state index is 0.602. The quantitative estimate of drug-likeness (QED) is 0.285. The summed E-state index contributed by atoms with van der Waals surface area (Å²) < 4.78 is 5.20. The van der Waals surface area contributed by atoms with Crippen LogP contribution in [-0.4, -0.2) is 35.2 Å². The van der Waals surface area contributed by atoms with E-state index in [0.717, 1.165) is 59.0 Å². The van der Waals surface area contributed by atoms with Crippen molar-refractivity contribution >= 4 is 45.6 Å². The fraction of sp³-hybridized carbons (Fsp3) is 0.208. The van der Waals surface area contributed by atoms with Gasteiger partial charge in [0.15, 0.2) is 0 Å². The second kappa shape index (κ2) is 10.2. The van der Waals surface area contributed by atoms with Crippen LogP contribution in [0.25, 0.3) is 10.9 Å². The predicted octanol–water partition coefficient (Wildman–Crippen LogP) is 5.65. The second-order valence-electron chi connectivity index (χ2n) is 7.30. The summed E-state index contributed by atoms with van der Waals surface area (Å²) >= 11 is 6.06. The Balaban J connectivity index is 1.30. The molecule has 0 unspecified atom stereocenters. The van der Waals surface area contributed by atoms with E-state index in [0.29, 0.717) is 11.0 Å². The number of benzene rings is 2. The summed E-state index contributed by atoms with van der Waals surface area (Å²) in [7, 11) is 1.65. The Morgan fingerprint density at radius 1 is 0.938 bits per heavy atom. The van der Waals surface area contributed by atoms with Crippen LogP contribution in [0.5, 0.6) is 5.75 Å². The number of nitrogens with zero attached hydrogens (tertiary/aromatic N) is 3. The summed E-state index contributed by atoms with van der Waals surface area (Å²) in [6.45, 7) is 3.50. The zero-order valence-corrected chi connectivity index (χ0v) is 18.8. The van der Waals surface area contributed by atoms with Gasteiger partial charge in [0, 0.05) is 52.8 Å². The molecule has 0 saturated heterocycles. The number of methoxy groups -OCH3 is 1. The molecule has 4 rings (SSSR count). The highest BCUT2D eigenvalue weighted by atomic mass is 35.5. The van der Waals surface area contributed by atoms with Crippen molar-refractivity contribution in [3.63, 3.8) is 0 Å². The Labute approximate surface area is 192 Å². The van der Waals surface area contributed by atoms with Crippen molar-refractivity contribution in [1.82, 2.24) is 15.0 Å². The van der Waals surface area contributed by atoms with Crippen molar-refractivity contribution in [1.29, 1.82) is 0 Å². The van der Waals surface area contributed by atoms with Gasteiger partial charge in [0.2, 0.25) is 5.95 Å². The molecule has 0 bridgehead atoms. The SMILES string of the molecule is COc1ccc(Nc2cc(C)nc(NCCCNc3ccnc4cc(Cl)ccc34)n2)cc1. The van der Waals surface area contributed by atoms with E-state index in [1.165, 1.54) is 0 Å². The zero-order chi connectivity index (χ0) is 22.3. The van der Waals surface area contributed by atoms with Crippen molar-refractivity contribution in [2.24, 2.45) is 0 Å². The lowest BCUT2D eigenvalue weighted by atomic mass is 10.2. The number of rotatable bonds is 9. The van der Waals surface area contributed by atoms with Crippen LogP contribution in [0.2, 0.25) is 5.02 Å². The average Bonchev–Trinajstić information content (AvgIpc) is 2.79. The number of ether oxygens (including phenoxy) is 1. The monoisotopic (exact) mass is 448 g/mol. The third-order valence-corrected chi connectivity index (χ3v) is 5.11. The summed E-state index contributed by atoms with van der Waals surface area (Å²) in [5.74, 6) is 2.16. The van der Waals surface area contributed by atoms with Gasteiger partial charge in [0.05, 0.1) is 12.6 Å². The maximum absolute atomic E-state index is 6.06. The molecule has 0 saturated carbocycles.